The van der Waals surface area contributed by atoms with Crippen LogP contribution in [-0.4, -0.2) is 20.7 Å². The molecular formula is C28H24Cl3N5OS. The lowest BCUT2D eigenvalue weighted by Gasteiger charge is -2.29. The van der Waals surface area contributed by atoms with Crippen molar-refractivity contribution in [3.8, 4) is 0 Å². The van der Waals surface area contributed by atoms with Gasteiger partial charge in [-0.05, 0) is 67.3 Å². The van der Waals surface area contributed by atoms with Gasteiger partial charge in [0.25, 0.3) is 5.91 Å². The molecule has 1 aliphatic heterocycles. The molecular weight excluding hydrogens is 561 g/mol. The molecule has 6 nitrogen and oxygen atoms in total. The van der Waals surface area contributed by atoms with Crippen LogP contribution in [0.5, 0.6) is 0 Å². The molecule has 3 aromatic carbocycles. The first kappa shape index (κ1) is 26.6. The molecule has 0 aliphatic carbocycles. The predicted octanol–water partition coefficient (Wildman–Crippen LogP) is 8.08. The number of rotatable bonds is 6. The van der Waals surface area contributed by atoms with Crippen molar-refractivity contribution in [3.05, 3.63) is 109 Å². The van der Waals surface area contributed by atoms with Gasteiger partial charge in [-0.2, -0.15) is 4.98 Å². The quantitative estimate of drug-likeness (QED) is 0.224. The standard InChI is InChI=1S/C28H24Cl3N5OS/c1-15-7-6-10-23(16(15)2)33-26(37)24-17(3)32-27-34-28(38-14-19-8-4-5-9-20(19)29)35-36(27)25(24)18-11-12-21(30)22(31)13-18/h4-13,25H,14H2,1-3H3,(H,33,37)(H,32,34,35). The van der Waals surface area contributed by atoms with Crippen LogP contribution in [0.25, 0.3) is 0 Å². The van der Waals surface area contributed by atoms with E-state index in [2.05, 4.69) is 10.6 Å². The van der Waals surface area contributed by atoms with E-state index < -0.39 is 6.04 Å². The molecule has 194 valence electrons. The number of thioether (sulfide) groups is 1. The smallest absolute Gasteiger partial charge is 0.255 e. The van der Waals surface area contributed by atoms with Crippen LogP contribution in [0, 0.1) is 13.8 Å². The molecule has 2 heterocycles. The summed E-state index contributed by atoms with van der Waals surface area (Å²) in [6.45, 7) is 5.86. The van der Waals surface area contributed by atoms with Gasteiger partial charge in [-0.3, -0.25) is 4.79 Å². The van der Waals surface area contributed by atoms with Crippen LogP contribution in [0.15, 0.2) is 77.1 Å². The number of carbonyl (C=O) groups is 1. The van der Waals surface area contributed by atoms with E-state index in [4.69, 9.17) is 44.9 Å². The van der Waals surface area contributed by atoms with Gasteiger partial charge in [0.15, 0.2) is 0 Å². The van der Waals surface area contributed by atoms with Crippen molar-refractivity contribution in [1.29, 1.82) is 0 Å². The van der Waals surface area contributed by atoms with Crippen molar-refractivity contribution in [2.24, 2.45) is 0 Å². The SMILES string of the molecule is CC1=C(C(=O)Nc2cccc(C)c2C)C(c2ccc(Cl)c(Cl)c2)n2nc(SCc3ccccc3Cl)nc2N1. The number of allylic oxidation sites excluding steroid dienone is 1. The third kappa shape index (κ3) is 5.29. The highest BCUT2D eigenvalue weighted by molar-refractivity contribution is 7.98. The van der Waals surface area contributed by atoms with E-state index in [1.807, 2.05) is 69.3 Å². The van der Waals surface area contributed by atoms with E-state index in [1.54, 1.807) is 16.8 Å². The highest BCUT2D eigenvalue weighted by Crippen LogP contribution is 2.39. The minimum atomic E-state index is -0.576. The number of aryl methyl sites for hydroxylation is 1. The molecule has 0 saturated heterocycles. The number of hydrogen-bond donors (Lipinski definition) is 2. The Morgan fingerprint density at radius 1 is 1.00 bits per heavy atom. The fourth-order valence-electron chi connectivity index (χ4n) is 4.31. The Bertz CT molecular complexity index is 1580. The number of benzene rings is 3. The first-order chi connectivity index (χ1) is 18.2. The van der Waals surface area contributed by atoms with E-state index >= 15 is 0 Å². The summed E-state index contributed by atoms with van der Waals surface area (Å²) in [6.07, 6.45) is 0. The van der Waals surface area contributed by atoms with Crippen molar-refractivity contribution >= 4 is 64.1 Å². The summed E-state index contributed by atoms with van der Waals surface area (Å²) in [5.74, 6) is 0.891. The highest BCUT2D eigenvalue weighted by Gasteiger charge is 2.35. The molecule has 0 spiro atoms. The average molecular weight is 585 g/mol. The minimum absolute atomic E-state index is 0.244. The highest BCUT2D eigenvalue weighted by atomic mass is 35.5. The maximum Gasteiger partial charge on any atom is 0.255 e. The zero-order valence-electron chi connectivity index (χ0n) is 20.8. The van der Waals surface area contributed by atoms with Crippen molar-refractivity contribution in [2.45, 2.75) is 37.7 Å². The van der Waals surface area contributed by atoms with Gasteiger partial charge in [-0.1, -0.05) is 83.0 Å². The van der Waals surface area contributed by atoms with Gasteiger partial charge >= 0.3 is 0 Å². The van der Waals surface area contributed by atoms with Gasteiger partial charge in [-0.15, -0.1) is 5.10 Å². The topological polar surface area (TPSA) is 71.8 Å². The lowest BCUT2D eigenvalue weighted by Crippen LogP contribution is -2.31. The molecule has 5 rings (SSSR count). The number of nitrogens with zero attached hydrogens (tertiary/aromatic N) is 3. The lowest BCUT2D eigenvalue weighted by atomic mass is 9.95. The Hall–Kier alpha value is -2.97. The van der Waals surface area contributed by atoms with Crippen LogP contribution in [0.1, 0.15) is 35.2 Å². The summed E-state index contributed by atoms with van der Waals surface area (Å²) < 4.78 is 1.72. The van der Waals surface area contributed by atoms with Crippen molar-refractivity contribution < 1.29 is 4.79 Å². The molecule has 0 radical (unpaired) electrons. The van der Waals surface area contributed by atoms with Crippen LogP contribution in [0.4, 0.5) is 11.6 Å². The molecule has 0 bridgehead atoms. The van der Waals surface area contributed by atoms with E-state index in [1.165, 1.54) is 11.8 Å². The second kappa shape index (κ2) is 11.0. The summed E-state index contributed by atoms with van der Waals surface area (Å²) in [6, 6.07) is 18.3. The molecule has 38 heavy (non-hydrogen) atoms. The fourth-order valence-corrected chi connectivity index (χ4v) is 5.73. The van der Waals surface area contributed by atoms with Crippen LogP contribution >= 0.6 is 46.6 Å². The Morgan fingerprint density at radius 3 is 2.55 bits per heavy atom. The zero-order chi connectivity index (χ0) is 27.0. The molecule has 1 unspecified atom stereocenters. The van der Waals surface area contributed by atoms with Crippen LogP contribution in [0.3, 0.4) is 0 Å². The number of fused-ring (bicyclic) bond motifs is 1. The molecule has 1 aromatic heterocycles. The molecule has 1 atom stereocenters. The van der Waals surface area contributed by atoms with Crippen LogP contribution in [0.2, 0.25) is 15.1 Å². The van der Waals surface area contributed by atoms with E-state index in [0.29, 0.717) is 43.2 Å². The number of carbonyl (C=O) groups excluding carboxylic acids is 1. The number of halogens is 3. The van der Waals surface area contributed by atoms with Gasteiger partial charge in [0.1, 0.15) is 6.04 Å². The molecule has 1 amide bonds. The molecule has 10 heteroatoms. The molecule has 2 N–H and O–H groups in total. The van der Waals surface area contributed by atoms with Crippen molar-refractivity contribution in [3.63, 3.8) is 0 Å². The Balaban J connectivity index is 1.53. The minimum Gasteiger partial charge on any atom is -0.328 e. The van der Waals surface area contributed by atoms with Gasteiger partial charge in [0.05, 0.1) is 15.6 Å². The molecule has 1 aliphatic rings. The second-order valence-electron chi connectivity index (χ2n) is 8.98. The van der Waals surface area contributed by atoms with Gasteiger partial charge in [0.2, 0.25) is 11.1 Å². The zero-order valence-corrected chi connectivity index (χ0v) is 23.9. The van der Waals surface area contributed by atoms with E-state index in [0.717, 1.165) is 27.9 Å². The number of aromatic nitrogens is 3. The van der Waals surface area contributed by atoms with E-state index in [9.17, 15) is 4.79 Å². The molecule has 0 saturated carbocycles. The number of anilines is 2. The Kier molecular flexibility index (Phi) is 7.73. The largest absolute Gasteiger partial charge is 0.328 e. The maximum absolute atomic E-state index is 13.8. The monoisotopic (exact) mass is 583 g/mol. The summed E-state index contributed by atoms with van der Waals surface area (Å²) in [7, 11) is 0. The first-order valence-electron chi connectivity index (χ1n) is 11.9. The fraction of sp³-hybridized carbons (Fsp3) is 0.179. The molecule has 4 aromatic rings. The average Bonchev–Trinajstić information content (AvgIpc) is 3.29. The summed E-state index contributed by atoms with van der Waals surface area (Å²) in [5.41, 5.74) is 5.78. The van der Waals surface area contributed by atoms with Crippen molar-refractivity contribution in [2.75, 3.05) is 10.6 Å². The van der Waals surface area contributed by atoms with Crippen molar-refractivity contribution in [1.82, 2.24) is 14.8 Å². The predicted molar refractivity (Wildman–Crippen MR) is 157 cm³/mol. The van der Waals surface area contributed by atoms with Crippen LogP contribution < -0.4 is 10.6 Å². The van der Waals surface area contributed by atoms with Gasteiger partial charge in [0, 0.05) is 22.2 Å². The third-order valence-corrected chi connectivity index (χ3v) is 8.50. The van der Waals surface area contributed by atoms with Crippen LogP contribution in [-0.2, 0) is 10.5 Å². The normalized spacial score (nSPS) is 14.7. The number of amides is 1. The molecule has 0 fully saturated rings. The second-order valence-corrected chi connectivity index (χ2v) is 11.1. The number of nitrogens with one attached hydrogen (secondary N) is 2. The Morgan fingerprint density at radius 2 is 1.79 bits per heavy atom. The van der Waals surface area contributed by atoms with E-state index in [-0.39, 0.29) is 5.91 Å². The Labute approximate surface area is 240 Å². The third-order valence-electron chi connectivity index (χ3n) is 6.50. The van der Waals surface area contributed by atoms with Gasteiger partial charge < -0.3 is 10.6 Å². The summed E-state index contributed by atoms with van der Waals surface area (Å²) in [4.78, 5) is 18.5. The summed E-state index contributed by atoms with van der Waals surface area (Å²) >= 11 is 20.4. The maximum atomic E-state index is 13.8. The number of hydrogen-bond acceptors (Lipinski definition) is 5. The lowest BCUT2D eigenvalue weighted by molar-refractivity contribution is -0.113. The summed E-state index contributed by atoms with van der Waals surface area (Å²) in [5, 5.41) is 13.2. The van der Waals surface area contributed by atoms with Gasteiger partial charge in [-0.25, -0.2) is 4.68 Å². The first-order valence-corrected chi connectivity index (χ1v) is 14.0.